The molecule has 1 unspecified atom stereocenters. The van der Waals surface area contributed by atoms with Gasteiger partial charge in [0.05, 0.1) is 10.4 Å². The molecule has 1 aromatic heterocycles. The molecule has 0 saturated carbocycles. The molecule has 3 aromatic rings. The number of thiophene rings is 1. The van der Waals surface area contributed by atoms with Gasteiger partial charge in [-0.25, -0.2) is 0 Å². The van der Waals surface area contributed by atoms with Crippen LogP contribution >= 0.6 is 11.3 Å². The predicted octanol–water partition coefficient (Wildman–Crippen LogP) is 6.19. The van der Waals surface area contributed by atoms with Gasteiger partial charge in [-0.15, -0.1) is 11.3 Å². The van der Waals surface area contributed by atoms with E-state index in [1.807, 2.05) is 30.5 Å². The molecule has 0 aliphatic carbocycles. The molecule has 0 bridgehead atoms. The molecule has 0 spiro atoms. The number of rotatable bonds is 5. The van der Waals surface area contributed by atoms with Crippen LogP contribution in [0.25, 0.3) is 0 Å². The first-order valence-corrected chi connectivity index (χ1v) is 9.09. The van der Waals surface area contributed by atoms with E-state index in [9.17, 15) is 18.0 Å². The topological polar surface area (TPSA) is 41.1 Å². The summed E-state index contributed by atoms with van der Waals surface area (Å²) >= 11 is 1.37. The van der Waals surface area contributed by atoms with Crippen LogP contribution in [0.1, 0.15) is 33.8 Å². The van der Waals surface area contributed by atoms with Gasteiger partial charge in [0.1, 0.15) is 0 Å². The molecule has 3 rings (SSSR count). The first-order valence-electron chi connectivity index (χ1n) is 8.21. The lowest BCUT2D eigenvalue weighted by Gasteiger charge is -2.17. The molecule has 0 fully saturated rings. The fourth-order valence-electron chi connectivity index (χ4n) is 2.54. The van der Waals surface area contributed by atoms with Gasteiger partial charge in [0, 0.05) is 17.4 Å². The maximum absolute atomic E-state index is 12.6. The molecule has 27 heavy (non-hydrogen) atoms. The Morgan fingerprint density at radius 1 is 0.963 bits per heavy atom. The Bertz CT molecular complexity index is 888. The third kappa shape index (κ3) is 4.89. The molecule has 0 radical (unpaired) electrons. The molecule has 0 aliphatic heterocycles. The van der Waals surface area contributed by atoms with E-state index in [0.29, 0.717) is 10.6 Å². The largest absolute Gasteiger partial charge is 0.416 e. The lowest BCUT2D eigenvalue weighted by molar-refractivity contribution is -0.137. The smallest absolute Gasteiger partial charge is 0.379 e. The van der Waals surface area contributed by atoms with Crippen LogP contribution in [0.2, 0.25) is 0 Å². The van der Waals surface area contributed by atoms with Crippen molar-refractivity contribution in [2.24, 2.45) is 0 Å². The summed E-state index contributed by atoms with van der Waals surface area (Å²) in [6, 6.07) is 15.7. The highest BCUT2D eigenvalue weighted by Gasteiger charge is 2.30. The van der Waals surface area contributed by atoms with Crippen molar-refractivity contribution in [1.82, 2.24) is 0 Å². The number of alkyl halides is 3. The van der Waals surface area contributed by atoms with Crippen molar-refractivity contribution < 1.29 is 18.0 Å². The van der Waals surface area contributed by atoms with E-state index in [0.717, 1.165) is 23.4 Å². The zero-order valence-electron chi connectivity index (χ0n) is 14.4. The van der Waals surface area contributed by atoms with E-state index in [-0.39, 0.29) is 11.9 Å². The molecule has 7 heteroatoms. The van der Waals surface area contributed by atoms with Gasteiger partial charge in [0.2, 0.25) is 0 Å². The first-order chi connectivity index (χ1) is 12.8. The summed E-state index contributed by atoms with van der Waals surface area (Å²) in [5, 5.41) is 7.88. The minimum absolute atomic E-state index is 0.163. The summed E-state index contributed by atoms with van der Waals surface area (Å²) in [6.07, 6.45) is -4.33. The molecule has 140 valence electrons. The normalized spacial score (nSPS) is 12.4. The van der Waals surface area contributed by atoms with E-state index in [4.69, 9.17) is 0 Å². The monoisotopic (exact) mass is 390 g/mol. The van der Waals surface area contributed by atoms with E-state index in [1.165, 1.54) is 23.5 Å². The third-order valence-electron chi connectivity index (χ3n) is 4.01. The van der Waals surface area contributed by atoms with Crippen molar-refractivity contribution in [3.05, 3.63) is 82.0 Å². The lowest BCUT2D eigenvalue weighted by atomic mass is 10.1. The second-order valence-electron chi connectivity index (χ2n) is 5.99. The number of hydrogen-bond donors (Lipinski definition) is 2. The van der Waals surface area contributed by atoms with Crippen LogP contribution < -0.4 is 10.6 Å². The zero-order valence-corrected chi connectivity index (χ0v) is 15.2. The van der Waals surface area contributed by atoms with Gasteiger partial charge in [-0.1, -0.05) is 18.2 Å². The minimum Gasteiger partial charge on any atom is -0.379 e. The molecule has 0 aliphatic rings. The van der Waals surface area contributed by atoms with Gasteiger partial charge in [-0.3, -0.25) is 4.79 Å². The van der Waals surface area contributed by atoms with E-state index in [2.05, 4.69) is 10.6 Å². The quantitative estimate of drug-likeness (QED) is 0.545. The maximum Gasteiger partial charge on any atom is 0.416 e. The van der Waals surface area contributed by atoms with Crippen molar-refractivity contribution >= 4 is 28.6 Å². The van der Waals surface area contributed by atoms with E-state index < -0.39 is 11.7 Å². The summed E-state index contributed by atoms with van der Waals surface area (Å²) < 4.78 is 37.9. The van der Waals surface area contributed by atoms with Crippen molar-refractivity contribution in [1.29, 1.82) is 0 Å². The van der Waals surface area contributed by atoms with Crippen LogP contribution in [0, 0.1) is 0 Å². The highest BCUT2D eigenvalue weighted by Crippen LogP contribution is 2.30. The maximum atomic E-state index is 12.6. The molecule has 1 heterocycles. The van der Waals surface area contributed by atoms with Crippen molar-refractivity contribution in [2.45, 2.75) is 19.1 Å². The number of amides is 1. The highest BCUT2D eigenvalue weighted by molar-refractivity contribution is 7.12. The van der Waals surface area contributed by atoms with Crippen LogP contribution in [0.3, 0.4) is 0 Å². The summed E-state index contributed by atoms with van der Waals surface area (Å²) in [4.78, 5) is 12.7. The van der Waals surface area contributed by atoms with E-state index >= 15 is 0 Å². The van der Waals surface area contributed by atoms with Crippen molar-refractivity contribution in [3.63, 3.8) is 0 Å². The van der Waals surface area contributed by atoms with Gasteiger partial charge >= 0.3 is 6.18 Å². The van der Waals surface area contributed by atoms with Crippen LogP contribution in [-0.4, -0.2) is 5.91 Å². The molecule has 2 N–H and O–H groups in total. The number of halogens is 3. The molecule has 0 saturated heterocycles. The average molecular weight is 390 g/mol. The Kier molecular flexibility index (Phi) is 5.51. The molecule has 2 aromatic carbocycles. The molecular weight excluding hydrogens is 373 g/mol. The lowest BCUT2D eigenvalue weighted by Crippen LogP contribution is -2.10. The standard InChI is InChI=1S/C20H17F3N2OS/c1-13(14-4-6-15(7-5-14)20(21,22)23)24-16-8-10-17(11-9-16)25-19(26)18-3-2-12-27-18/h2-13,24H,1H3,(H,25,26). The number of nitrogens with one attached hydrogen (secondary N) is 2. The van der Waals surface area contributed by atoms with E-state index in [1.54, 1.807) is 18.2 Å². The van der Waals surface area contributed by atoms with Crippen LogP contribution in [0.5, 0.6) is 0 Å². The molecular formula is C20H17F3N2OS. The Labute approximate surface area is 158 Å². The summed E-state index contributed by atoms with van der Waals surface area (Å²) in [5.74, 6) is -0.163. The summed E-state index contributed by atoms with van der Waals surface area (Å²) in [7, 11) is 0. The second-order valence-corrected chi connectivity index (χ2v) is 6.94. The fraction of sp³-hybridized carbons (Fsp3) is 0.150. The third-order valence-corrected chi connectivity index (χ3v) is 4.88. The number of anilines is 2. The predicted molar refractivity (Wildman–Crippen MR) is 102 cm³/mol. The summed E-state index contributed by atoms with van der Waals surface area (Å²) in [5.41, 5.74) is 1.56. The Morgan fingerprint density at radius 2 is 1.59 bits per heavy atom. The number of carbonyl (C=O) groups excluding carboxylic acids is 1. The van der Waals surface area contributed by atoms with Crippen LogP contribution in [0.15, 0.2) is 66.0 Å². The van der Waals surface area contributed by atoms with Gasteiger partial charge in [0.15, 0.2) is 0 Å². The van der Waals surface area contributed by atoms with Gasteiger partial charge in [0.25, 0.3) is 5.91 Å². The molecule has 1 amide bonds. The highest BCUT2D eigenvalue weighted by atomic mass is 32.1. The van der Waals surface area contributed by atoms with Crippen LogP contribution in [-0.2, 0) is 6.18 Å². The van der Waals surface area contributed by atoms with Crippen molar-refractivity contribution in [3.8, 4) is 0 Å². The molecule has 3 nitrogen and oxygen atoms in total. The fourth-order valence-corrected chi connectivity index (χ4v) is 3.16. The Hall–Kier alpha value is -2.80. The van der Waals surface area contributed by atoms with Gasteiger partial charge < -0.3 is 10.6 Å². The van der Waals surface area contributed by atoms with Crippen molar-refractivity contribution in [2.75, 3.05) is 10.6 Å². The van der Waals surface area contributed by atoms with Crippen LogP contribution in [0.4, 0.5) is 24.5 Å². The minimum atomic E-state index is -4.33. The Morgan fingerprint density at radius 3 is 2.15 bits per heavy atom. The first kappa shape index (κ1) is 19.0. The number of carbonyl (C=O) groups is 1. The van der Waals surface area contributed by atoms with Gasteiger partial charge in [-0.2, -0.15) is 13.2 Å². The SMILES string of the molecule is CC(Nc1ccc(NC(=O)c2cccs2)cc1)c1ccc(C(F)(F)F)cc1. The van der Waals surface area contributed by atoms with Gasteiger partial charge in [-0.05, 0) is 60.3 Å². The molecule has 1 atom stereocenters. The number of benzene rings is 2. The Balaban J connectivity index is 1.61. The summed E-state index contributed by atoms with van der Waals surface area (Å²) in [6.45, 7) is 1.87. The number of hydrogen-bond acceptors (Lipinski definition) is 3. The average Bonchev–Trinajstić information content (AvgIpc) is 3.17. The second kappa shape index (κ2) is 7.84. The zero-order chi connectivity index (χ0) is 19.4.